The Bertz CT molecular complexity index is 9460. The third-order valence-corrected chi connectivity index (χ3v) is 28.8. The largest absolute Gasteiger partial charge is 0.292 e. The van der Waals surface area contributed by atoms with Crippen LogP contribution in [0, 0.1) is 0 Å². The first-order valence-corrected chi connectivity index (χ1v) is 47.7. The van der Waals surface area contributed by atoms with Gasteiger partial charge in [-0.25, -0.2) is 69.8 Å². The van der Waals surface area contributed by atoms with Gasteiger partial charge in [-0.05, 0) is 65.7 Å². The maximum atomic E-state index is 5.12. The smallest absolute Gasteiger partial charge is 0.235 e. The van der Waals surface area contributed by atoms with Gasteiger partial charge in [-0.3, -0.25) is 13.7 Å². The predicted octanol–water partition coefficient (Wildman–Crippen LogP) is 29.7. The normalized spacial score (nSPS) is 11.6. The second-order valence-electron chi connectivity index (χ2n) is 33.5. The fraction of sp³-hybridized carbons (Fsp3) is 0. The van der Waals surface area contributed by atoms with E-state index in [1.54, 1.807) is 17.5 Å². The Balaban J connectivity index is 0.000000107. The number of aromatic nitrogens is 17. The Hall–Kier alpha value is -18.1. The molecule has 0 saturated carbocycles. The first kappa shape index (κ1) is 80.8. The van der Waals surface area contributed by atoms with Crippen molar-refractivity contribution in [2.24, 2.45) is 0 Å². The van der Waals surface area contributed by atoms with E-state index in [0.717, 1.165) is 88.9 Å². The minimum Gasteiger partial charge on any atom is -0.292 e. The van der Waals surface area contributed by atoms with Crippen molar-refractivity contribution >= 4 is 160 Å². The van der Waals surface area contributed by atoms with E-state index in [4.69, 9.17) is 69.8 Å². The zero-order valence-corrected chi connectivity index (χ0v) is 75.8. The fourth-order valence-electron chi connectivity index (χ4n) is 18.8. The molecule has 28 aromatic rings. The van der Waals surface area contributed by atoms with E-state index in [0.29, 0.717) is 70.0 Å². The van der Waals surface area contributed by atoms with Gasteiger partial charge in [-0.15, -0.1) is 34.0 Å². The van der Waals surface area contributed by atoms with E-state index in [1.165, 1.54) is 98.5 Å². The van der Waals surface area contributed by atoms with Gasteiger partial charge in [0.15, 0.2) is 52.4 Å². The summed E-state index contributed by atoms with van der Waals surface area (Å²) in [5.74, 6) is 7.26. The number of rotatable bonds is 13. The molecule has 0 aliphatic heterocycles. The van der Waals surface area contributed by atoms with Gasteiger partial charge in [-0.1, -0.05) is 352 Å². The van der Waals surface area contributed by atoms with Crippen molar-refractivity contribution in [1.82, 2.24) is 83.5 Å². The molecule has 16 aromatic carbocycles. The van der Waals surface area contributed by atoms with Crippen molar-refractivity contribution < 1.29 is 0 Å². The molecular formula is C118H71N17S3. The Morgan fingerprint density at radius 2 is 0.442 bits per heavy atom. The summed E-state index contributed by atoms with van der Waals surface area (Å²) >= 11 is 5.45. The quantitative estimate of drug-likeness (QED) is 0.106. The molecule has 0 spiro atoms. The van der Waals surface area contributed by atoms with Crippen molar-refractivity contribution in [2.45, 2.75) is 0 Å². The lowest BCUT2D eigenvalue weighted by Crippen LogP contribution is -2.05. The van der Waals surface area contributed by atoms with E-state index < -0.39 is 0 Å². The molecule has 138 heavy (non-hydrogen) atoms. The average molecular weight is 1820 g/mol. The molecule has 0 fully saturated rings. The van der Waals surface area contributed by atoms with Gasteiger partial charge < -0.3 is 0 Å². The van der Waals surface area contributed by atoms with Gasteiger partial charge in [-0.2, -0.15) is 0 Å². The van der Waals surface area contributed by atoms with Crippen molar-refractivity contribution in [3.05, 3.63) is 431 Å². The number of para-hydroxylation sites is 3. The number of fused-ring (bicyclic) bond motifs is 21. The SMILES string of the molecule is c1ccc(-c2ccc(-c3nc(-c4ccccc4)nc(-c4ccc(-n5c6ccccc6c6ccc7c8ccccc8sc7c65)nc4)n3)cc2)cc1.c1ccc(-c2nc(-c3ccccc3)nc(-c3ccnc(-n4c5ccccc5c5ccc6c7ccccc7sc6c54)n3)n2)cc1.c1ccc(-c2nc(-c3ccccc3)nc(-c3cnc(-n4c5ccccc5c5ccc6c7ccccc7sc6c54)nc3)n2)cc1. The molecular weight excluding hydrogens is 1750 g/mol. The van der Waals surface area contributed by atoms with E-state index >= 15 is 0 Å². The Kier molecular flexibility index (Phi) is 20.0. The number of nitrogens with zero attached hydrogens (tertiary/aromatic N) is 17. The van der Waals surface area contributed by atoms with Crippen LogP contribution >= 0.6 is 34.0 Å². The van der Waals surface area contributed by atoms with Crippen LogP contribution in [0.25, 0.3) is 257 Å². The highest BCUT2D eigenvalue weighted by Gasteiger charge is 2.26. The van der Waals surface area contributed by atoms with Crippen LogP contribution in [-0.2, 0) is 0 Å². The second kappa shape index (κ2) is 34.2. The summed E-state index contributed by atoms with van der Waals surface area (Å²) < 4.78 is 14.2. The van der Waals surface area contributed by atoms with Crippen LogP contribution in [0.15, 0.2) is 431 Å². The van der Waals surface area contributed by atoms with Crippen LogP contribution in [0.2, 0.25) is 0 Å². The number of hydrogen-bond acceptors (Lipinski definition) is 17. The molecule has 12 aromatic heterocycles. The standard InChI is InChI=1S/C44H27N5S.2C37H22N6S/c1-3-11-28(12-4-1)29-19-21-31(22-20-29)43-46-42(30-13-5-2-6-14-30)47-44(48-43)32-23-26-39(45-27-32)49-37-17-9-7-15-33(37)35-24-25-36-34-16-8-10-18-38(34)50-41(36)40(35)49;1-3-11-23(12-4-1)34-40-35(24-13-5-2-6-14-24)42-36(41-34)25-21-38-37(39-22-25)43-30-17-9-7-15-26(30)28-19-20-29-27-16-8-10-18-31(27)44-33(29)32(28)43;1-3-11-23(12-4-1)34-40-35(24-13-5-2-6-14-24)42-36(41-34)29-21-22-38-37(39-29)43-30-17-9-7-15-25(30)27-19-20-28-26-16-8-10-18-31(26)44-33(28)32(27)43/h1-27H;2*1-22H. The summed E-state index contributed by atoms with van der Waals surface area (Å²) in [7, 11) is 0. The van der Waals surface area contributed by atoms with Gasteiger partial charge in [0.05, 0.1) is 52.8 Å². The molecule has 17 nitrogen and oxygen atoms in total. The highest BCUT2D eigenvalue weighted by Crippen LogP contribution is 2.48. The lowest BCUT2D eigenvalue weighted by Gasteiger charge is -2.10. The molecule has 0 aliphatic rings. The monoisotopic (exact) mass is 1820 g/mol. The minimum atomic E-state index is 0.495. The summed E-state index contributed by atoms with van der Waals surface area (Å²) in [6.07, 6.45) is 7.30. The molecule has 0 N–H and O–H groups in total. The molecule has 12 heterocycles. The van der Waals surface area contributed by atoms with Gasteiger partial charge in [0, 0.05) is 142 Å². The van der Waals surface area contributed by atoms with Crippen LogP contribution in [0.1, 0.15) is 0 Å². The van der Waals surface area contributed by atoms with E-state index in [9.17, 15) is 0 Å². The van der Waals surface area contributed by atoms with Gasteiger partial charge in [0.1, 0.15) is 11.5 Å². The molecule has 0 saturated heterocycles. The molecule has 0 radical (unpaired) electrons. The molecule has 0 bridgehead atoms. The lowest BCUT2D eigenvalue weighted by atomic mass is 10.0. The van der Waals surface area contributed by atoms with Gasteiger partial charge >= 0.3 is 0 Å². The van der Waals surface area contributed by atoms with E-state index in [-0.39, 0.29) is 0 Å². The lowest BCUT2D eigenvalue weighted by molar-refractivity contribution is 0.977. The van der Waals surface area contributed by atoms with Crippen LogP contribution in [0.4, 0.5) is 0 Å². The Morgan fingerprint density at radius 3 is 0.826 bits per heavy atom. The minimum absolute atomic E-state index is 0.495. The molecule has 0 amide bonds. The molecule has 20 heteroatoms. The molecule has 0 atom stereocenters. The summed E-state index contributed by atoms with van der Waals surface area (Å²) in [4.78, 5) is 68.9. The summed E-state index contributed by atoms with van der Waals surface area (Å²) in [6, 6.07) is 139. The van der Waals surface area contributed by atoms with Crippen molar-refractivity contribution in [2.75, 3.05) is 0 Å². The van der Waals surface area contributed by atoms with Gasteiger partial charge in [0.25, 0.3) is 0 Å². The topological polar surface area (TPSA) is 195 Å². The zero-order valence-electron chi connectivity index (χ0n) is 73.3. The maximum Gasteiger partial charge on any atom is 0.235 e. The number of benzene rings is 16. The highest BCUT2D eigenvalue weighted by molar-refractivity contribution is 7.27. The molecule has 0 aliphatic carbocycles. The third kappa shape index (κ3) is 14.4. The second-order valence-corrected chi connectivity index (χ2v) is 36.6. The average Bonchev–Trinajstić information content (AvgIpc) is 1.57. The predicted molar refractivity (Wildman–Crippen MR) is 565 cm³/mol. The van der Waals surface area contributed by atoms with E-state index in [2.05, 4.69) is 256 Å². The maximum absolute atomic E-state index is 5.12. The molecule has 0 unspecified atom stereocenters. The molecule has 28 rings (SSSR count). The van der Waals surface area contributed by atoms with E-state index in [1.807, 2.05) is 205 Å². The third-order valence-electron chi connectivity index (χ3n) is 25.3. The van der Waals surface area contributed by atoms with Gasteiger partial charge in [0.2, 0.25) is 11.9 Å². The van der Waals surface area contributed by atoms with Crippen LogP contribution < -0.4 is 0 Å². The van der Waals surface area contributed by atoms with Crippen LogP contribution in [-0.4, -0.2) is 83.5 Å². The Morgan fingerprint density at radius 1 is 0.167 bits per heavy atom. The first-order chi connectivity index (χ1) is 68.4. The van der Waals surface area contributed by atoms with Crippen molar-refractivity contribution in [3.8, 4) is 131 Å². The van der Waals surface area contributed by atoms with Crippen LogP contribution in [0.3, 0.4) is 0 Å². The number of hydrogen-bond donors (Lipinski definition) is 0. The first-order valence-electron chi connectivity index (χ1n) is 45.3. The highest BCUT2D eigenvalue weighted by atomic mass is 32.1. The van der Waals surface area contributed by atoms with Crippen LogP contribution in [0.5, 0.6) is 0 Å². The summed E-state index contributed by atoms with van der Waals surface area (Å²) in [6.45, 7) is 0. The summed E-state index contributed by atoms with van der Waals surface area (Å²) in [5.41, 5.74) is 16.7. The van der Waals surface area contributed by atoms with Crippen molar-refractivity contribution in [1.29, 1.82) is 0 Å². The molecule has 646 valence electrons. The number of thiophene rings is 3. The Labute approximate surface area is 800 Å². The summed E-state index contributed by atoms with van der Waals surface area (Å²) in [5, 5.41) is 14.7. The fourth-order valence-corrected chi connectivity index (χ4v) is 22.5. The van der Waals surface area contributed by atoms with Crippen molar-refractivity contribution in [3.63, 3.8) is 0 Å². The zero-order chi connectivity index (χ0) is 91.1. The number of pyridine rings is 1.